The van der Waals surface area contributed by atoms with Crippen LogP contribution >= 0.6 is 0 Å². The first kappa shape index (κ1) is 14.5. The number of hydrogen-bond donors (Lipinski definition) is 1. The van der Waals surface area contributed by atoms with E-state index in [1.165, 1.54) is 0 Å². The van der Waals surface area contributed by atoms with Crippen LogP contribution in [-0.4, -0.2) is 53.2 Å². The lowest BCUT2D eigenvalue weighted by Gasteiger charge is -2.32. The number of nitrogens with zero attached hydrogens (tertiary/aromatic N) is 6. The summed E-state index contributed by atoms with van der Waals surface area (Å²) in [5.41, 5.74) is 0. The number of nitrogens with one attached hydrogen (secondary N) is 1. The minimum atomic E-state index is 0.434. The highest BCUT2D eigenvalue weighted by atomic mass is 15.3. The molecule has 22 heavy (non-hydrogen) atoms. The van der Waals surface area contributed by atoms with Gasteiger partial charge in [0.15, 0.2) is 0 Å². The SMILES string of the molecule is CN(C)c1ccnc(N2CCC(Nc3ccncn3)CC2)n1. The molecule has 0 atom stereocenters. The first-order valence-corrected chi connectivity index (χ1v) is 7.50. The summed E-state index contributed by atoms with van der Waals surface area (Å²) in [7, 11) is 3.98. The summed E-state index contributed by atoms with van der Waals surface area (Å²) in [5, 5.41) is 3.46. The molecule has 0 aromatic carbocycles. The van der Waals surface area contributed by atoms with Crippen molar-refractivity contribution in [3.8, 4) is 0 Å². The Hall–Kier alpha value is -2.44. The van der Waals surface area contributed by atoms with Crippen LogP contribution in [0.4, 0.5) is 17.6 Å². The third-order valence-corrected chi connectivity index (χ3v) is 3.80. The highest BCUT2D eigenvalue weighted by Gasteiger charge is 2.21. The molecule has 2 aromatic heterocycles. The van der Waals surface area contributed by atoms with Gasteiger partial charge in [0, 0.05) is 45.6 Å². The van der Waals surface area contributed by atoms with Gasteiger partial charge in [-0.15, -0.1) is 0 Å². The molecule has 0 unspecified atom stereocenters. The number of aromatic nitrogens is 4. The van der Waals surface area contributed by atoms with Crippen molar-refractivity contribution in [2.45, 2.75) is 18.9 Å². The van der Waals surface area contributed by atoms with Crippen LogP contribution in [0.25, 0.3) is 0 Å². The van der Waals surface area contributed by atoms with Gasteiger partial charge in [-0.1, -0.05) is 0 Å². The van der Waals surface area contributed by atoms with Crippen molar-refractivity contribution in [1.82, 2.24) is 19.9 Å². The lowest BCUT2D eigenvalue weighted by molar-refractivity contribution is 0.518. The van der Waals surface area contributed by atoms with E-state index in [1.807, 2.05) is 37.3 Å². The summed E-state index contributed by atoms with van der Waals surface area (Å²) in [6.07, 6.45) is 7.23. The molecule has 0 saturated carbocycles. The normalized spacial score (nSPS) is 15.6. The van der Waals surface area contributed by atoms with Gasteiger partial charge >= 0.3 is 0 Å². The van der Waals surface area contributed by atoms with Crippen molar-refractivity contribution >= 4 is 17.6 Å². The van der Waals surface area contributed by atoms with E-state index in [1.54, 1.807) is 12.5 Å². The van der Waals surface area contributed by atoms with Crippen LogP contribution in [0.3, 0.4) is 0 Å². The Labute approximate surface area is 130 Å². The fraction of sp³-hybridized carbons (Fsp3) is 0.467. The van der Waals surface area contributed by atoms with Gasteiger partial charge in [0.25, 0.3) is 0 Å². The number of hydrogen-bond acceptors (Lipinski definition) is 7. The van der Waals surface area contributed by atoms with Gasteiger partial charge < -0.3 is 15.1 Å². The molecule has 0 radical (unpaired) electrons. The van der Waals surface area contributed by atoms with E-state index in [0.717, 1.165) is 43.5 Å². The second kappa shape index (κ2) is 6.55. The standard InChI is InChI=1S/C15H21N7/c1-21(2)14-4-8-17-15(20-14)22-9-5-12(6-10-22)19-13-3-7-16-11-18-13/h3-4,7-8,11-12H,5-6,9-10H2,1-2H3,(H,16,18,19). The molecule has 3 rings (SSSR count). The third kappa shape index (κ3) is 3.41. The van der Waals surface area contributed by atoms with Crippen molar-refractivity contribution in [2.75, 3.05) is 42.3 Å². The van der Waals surface area contributed by atoms with E-state index < -0.39 is 0 Å². The zero-order chi connectivity index (χ0) is 15.4. The monoisotopic (exact) mass is 299 g/mol. The van der Waals surface area contributed by atoms with Crippen LogP contribution in [0.1, 0.15) is 12.8 Å². The Balaban J connectivity index is 1.58. The molecular weight excluding hydrogens is 278 g/mol. The number of anilines is 3. The molecule has 1 aliphatic rings. The highest BCUT2D eigenvalue weighted by Crippen LogP contribution is 2.20. The molecule has 7 nitrogen and oxygen atoms in total. The van der Waals surface area contributed by atoms with E-state index in [2.05, 4.69) is 30.2 Å². The molecule has 3 heterocycles. The second-order valence-corrected chi connectivity index (χ2v) is 5.61. The summed E-state index contributed by atoms with van der Waals surface area (Å²) >= 11 is 0. The minimum absolute atomic E-state index is 0.434. The summed E-state index contributed by atoms with van der Waals surface area (Å²) < 4.78 is 0. The molecule has 1 fully saturated rings. The van der Waals surface area contributed by atoms with Crippen LogP contribution in [0.2, 0.25) is 0 Å². The van der Waals surface area contributed by atoms with Crippen molar-refractivity contribution in [3.63, 3.8) is 0 Å². The Bertz CT molecular complexity index is 594. The third-order valence-electron chi connectivity index (χ3n) is 3.80. The average molecular weight is 299 g/mol. The maximum atomic E-state index is 4.60. The molecule has 116 valence electrons. The highest BCUT2D eigenvalue weighted by molar-refractivity contribution is 5.43. The first-order valence-electron chi connectivity index (χ1n) is 7.50. The lowest BCUT2D eigenvalue weighted by Crippen LogP contribution is -2.40. The zero-order valence-corrected chi connectivity index (χ0v) is 13.0. The quantitative estimate of drug-likeness (QED) is 0.915. The second-order valence-electron chi connectivity index (χ2n) is 5.61. The maximum absolute atomic E-state index is 4.60. The number of rotatable bonds is 4. The summed E-state index contributed by atoms with van der Waals surface area (Å²) in [6.45, 7) is 1.89. The van der Waals surface area contributed by atoms with Crippen molar-refractivity contribution in [3.05, 3.63) is 30.9 Å². The summed E-state index contributed by atoms with van der Waals surface area (Å²) in [6, 6.07) is 4.26. The van der Waals surface area contributed by atoms with Crippen LogP contribution in [0.5, 0.6) is 0 Å². The molecule has 0 bridgehead atoms. The smallest absolute Gasteiger partial charge is 0.227 e. The molecule has 0 aliphatic carbocycles. The molecule has 0 spiro atoms. The van der Waals surface area contributed by atoms with Crippen LogP contribution in [-0.2, 0) is 0 Å². The molecule has 1 aliphatic heterocycles. The van der Waals surface area contributed by atoms with Gasteiger partial charge in [0.05, 0.1) is 0 Å². The zero-order valence-electron chi connectivity index (χ0n) is 13.0. The van der Waals surface area contributed by atoms with E-state index >= 15 is 0 Å². The average Bonchev–Trinajstić information content (AvgIpc) is 2.56. The van der Waals surface area contributed by atoms with Gasteiger partial charge in [-0.2, -0.15) is 4.98 Å². The minimum Gasteiger partial charge on any atom is -0.367 e. The molecule has 0 amide bonds. The van der Waals surface area contributed by atoms with Gasteiger partial charge in [-0.05, 0) is 25.0 Å². The molecular formula is C15H21N7. The van der Waals surface area contributed by atoms with Crippen LogP contribution < -0.4 is 15.1 Å². The van der Waals surface area contributed by atoms with E-state index in [-0.39, 0.29) is 0 Å². The summed E-state index contributed by atoms with van der Waals surface area (Å²) in [5.74, 6) is 2.64. The predicted molar refractivity (Wildman–Crippen MR) is 87.2 cm³/mol. The summed E-state index contributed by atoms with van der Waals surface area (Å²) in [4.78, 5) is 21.4. The van der Waals surface area contributed by atoms with E-state index in [4.69, 9.17) is 0 Å². The fourth-order valence-electron chi connectivity index (χ4n) is 2.55. The van der Waals surface area contributed by atoms with Gasteiger partial charge in [-0.25, -0.2) is 15.0 Å². The maximum Gasteiger partial charge on any atom is 0.227 e. The largest absolute Gasteiger partial charge is 0.367 e. The van der Waals surface area contributed by atoms with Crippen molar-refractivity contribution < 1.29 is 0 Å². The Morgan fingerprint density at radius 3 is 2.64 bits per heavy atom. The van der Waals surface area contributed by atoms with Crippen molar-refractivity contribution in [1.29, 1.82) is 0 Å². The van der Waals surface area contributed by atoms with Crippen LogP contribution in [0, 0.1) is 0 Å². The van der Waals surface area contributed by atoms with Gasteiger partial charge in [0.2, 0.25) is 5.95 Å². The topological polar surface area (TPSA) is 70.1 Å². The predicted octanol–water partition coefficient (Wildman–Crippen LogP) is 1.41. The van der Waals surface area contributed by atoms with E-state index in [0.29, 0.717) is 6.04 Å². The molecule has 2 aromatic rings. The first-order chi connectivity index (χ1) is 10.7. The van der Waals surface area contributed by atoms with Crippen LogP contribution in [0.15, 0.2) is 30.9 Å². The van der Waals surface area contributed by atoms with Crippen molar-refractivity contribution in [2.24, 2.45) is 0 Å². The molecule has 7 heteroatoms. The van der Waals surface area contributed by atoms with Gasteiger partial charge in [-0.3, -0.25) is 0 Å². The van der Waals surface area contributed by atoms with Gasteiger partial charge in [0.1, 0.15) is 18.0 Å². The Morgan fingerprint density at radius 2 is 1.95 bits per heavy atom. The van der Waals surface area contributed by atoms with E-state index in [9.17, 15) is 0 Å². The Morgan fingerprint density at radius 1 is 1.14 bits per heavy atom. The Kier molecular flexibility index (Phi) is 4.32. The molecule has 1 N–H and O–H groups in total. The fourth-order valence-corrected chi connectivity index (χ4v) is 2.55. The number of piperidine rings is 1. The molecule has 1 saturated heterocycles. The lowest BCUT2D eigenvalue weighted by atomic mass is 10.1.